The molecule has 1 N–H and O–H groups in total. The van der Waals surface area contributed by atoms with E-state index in [0.29, 0.717) is 18.3 Å². The van der Waals surface area contributed by atoms with E-state index in [1.807, 2.05) is 6.92 Å². The lowest BCUT2D eigenvalue weighted by atomic mass is 10.2. The monoisotopic (exact) mass is 165 g/mol. The van der Waals surface area contributed by atoms with Gasteiger partial charge in [-0.3, -0.25) is 0 Å². The third kappa shape index (κ3) is 2.27. The molecule has 12 heavy (non-hydrogen) atoms. The average Bonchev–Trinajstić information content (AvgIpc) is 2.36. The van der Waals surface area contributed by atoms with Gasteiger partial charge in [-0.25, -0.2) is 0 Å². The number of terminal acetylenes is 1. The normalized spacial score (nSPS) is 12.1. The number of hydrogen-bond acceptors (Lipinski definition) is 4. The Hall–Kier alpha value is -1.50. The molecule has 1 aromatic heterocycles. The summed E-state index contributed by atoms with van der Waals surface area (Å²) in [4.78, 5) is 3.98. The standard InChI is InChI=1S/C8H11N3O/c1-4-5-6(2)9-8-10-7(3)11-12-8/h1,6H,5H2,2-3H3,(H,9,10,11). The van der Waals surface area contributed by atoms with Gasteiger partial charge in [-0.2, -0.15) is 4.98 Å². The van der Waals surface area contributed by atoms with Crippen LogP contribution in [0.1, 0.15) is 19.2 Å². The Balaban J connectivity index is 2.47. The third-order valence-electron chi connectivity index (χ3n) is 1.32. The molecule has 1 heterocycles. The summed E-state index contributed by atoms with van der Waals surface area (Å²) >= 11 is 0. The molecular weight excluding hydrogens is 154 g/mol. The van der Waals surface area contributed by atoms with Crippen molar-refractivity contribution in [3.63, 3.8) is 0 Å². The Kier molecular flexibility index (Phi) is 2.70. The van der Waals surface area contributed by atoms with E-state index in [-0.39, 0.29) is 6.04 Å². The van der Waals surface area contributed by atoms with Crippen LogP contribution in [0.3, 0.4) is 0 Å². The van der Waals surface area contributed by atoms with Crippen molar-refractivity contribution in [3.8, 4) is 12.3 Å². The minimum Gasteiger partial charge on any atom is -0.334 e. The van der Waals surface area contributed by atoms with Crippen molar-refractivity contribution in [2.75, 3.05) is 5.32 Å². The predicted molar refractivity (Wildman–Crippen MR) is 45.6 cm³/mol. The van der Waals surface area contributed by atoms with E-state index < -0.39 is 0 Å². The maximum atomic E-state index is 5.13. The fourth-order valence-electron chi connectivity index (χ4n) is 0.794. The summed E-state index contributed by atoms with van der Waals surface area (Å²) in [5.41, 5.74) is 0. The van der Waals surface area contributed by atoms with Gasteiger partial charge >= 0.3 is 6.01 Å². The van der Waals surface area contributed by atoms with Crippen LogP contribution >= 0.6 is 0 Å². The van der Waals surface area contributed by atoms with E-state index in [0.717, 1.165) is 0 Å². The van der Waals surface area contributed by atoms with Crippen LogP contribution in [0.25, 0.3) is 0 Å². The van der Waals surface area contributed by atoms with Crippen LogP contribution in [0.15, 0.2) is 4.52 Å². The second kappa shape index (κ2) is 3.77. The molecule has 4 nitrogen and oxygen atoms in total. The summed E-state index contributed by atoms with van der Waals surface area (Å²) in [5, 5.41) is 6.61. The van der Waals surface area contributed by atoms with Crippen molar-refractivity contribution in [1.82, 2.24) is 10.1 Å². The first-order valence-electron chi connectivity index (χ1n) is 3.72. The van der Waals surface area contributed by atoms with Crippen molar-refractivity contribution in [1.29, 1.82) is 0 Å². The molecule has 0 spiro atoms. The number of aryl methyl sites for hydroxylation is 1. The summed E-state index contributed by atoms with van der Waals surface area (Å²) in [6.45, 7) is 3.72. The zero-order valence-corrected chi connectivity index (χ0v) is 7.16. The fourth-order valence-corrected chi connectivity index (χ4v) is 0.794. The number of aromatic nitrogens is 2. The highest BCUT2D eigenvalue weighted by molar-refractivity contribution is 5.20. The second-order valence-corrected chi connectivity index (χ2v) is 2.60. The van der Waals surface area contributed by atoms with Crippen LogP contribution in [0, 0.1) is 19.3 Å². The number of nitrogens with zero attached hydrogens (tertiary/aromatic N) is 2. The average molecular weight is 165 g/mol. The van der Waals surface area contributed by atoms with Crippen LogP contribution in [0.4, 0.5) is 6.01 Å². The van der Waals surface area contributed by atoms with Gasteiger partial charge in [0.25, 0.3) is 0 Å². The first kappa shape index (κ1) is 8.60. The maximum Gasteiger partial charge on any atom is 0.321 e. The molecule has 1 unspecified atom stereocenters. The Labute approximate surface area is 71.4 Å². The summed E-state index contributed by atoms with van der Waals surface area (Å²) in [6.07, 6.45) is 5.77. The van der Waals surface area contributed by atoms with E-state index in [1.54, 1.807) is 6.92 Å². The van der Waals surface area contributed by atoms with Crippen LogP contribution < -0.4 is 5.32 Å². The van der Waals surface area contributed by atoms with Crippen molar-refractivity contribution in [3.05, 3.63) is 5.82 Å². The molecule has 0 aliphatic rings. The van der Waals surface area contributed by atoms with E-state index in [2.05, 4.69) is 21.4 Å². The topological polar surface area (TPSA) is 51.0 Å². The summed E-state index contributed by atoms with van der Waals surface area (Å²) in [6, 6.07) is 0.588. The second-order valence-electron chi connectivity index (χ2n) is 2.60. The van der Waals surface area contributed by atoms with Gasteiger partial charge in [-0.1, -0.05) is 5.16 Å². The van der Waals surface area contributed by atoms with Gasteiger partial charge in [0.15, 0.2) is 5.82 Å². The lowest BCUT2D eigenvalue weighted by Gasteiger charge is -2.05. The summed E-state index contributed by atoms with van der Waals surface area (Å²) in [5.74, 6) is 3.16. The molecule has 0 aliphatic carbocycles. The molecule has 0 aliphatic heterocycles. The number of hydrogen-bond donors (Lipinski definition) is 1. The summed E-state index contributed by atoms with van der Waals surface area (Å²) < 4.78 is 4.84. The minimum absolute atomic E-state index is 0.162. The van der Waals surface area contributed by atoms with Crippen LogP contribution in [0.2, 0.25) is 0 Å². The first-order valence-corrected chi connectivity index (χ1v) is 3.72. The molecule has 0 fully saturated rings. The van der Waals surface area contributed by atoms with E-state index in [4.69, 9.17) is 10.9 Å². The first-order chi connectivity index (χ1) is 5.72. The molecule has 0 saturated heterocycles. The van der Waals surface area contributed by atoms with Gasteiger partial charge in [0.2, 0.25) is 0 Å². The lowest BCUT2D eigenvalue weighted by molar-refractivity contribution is 0.422. The minimum atomic E-state index is 0.162. The molecule has 0 bridgehead atoms. The van der Waals surface area contributed by atoms with Crippen molar-refractivity contribution in [2.45, 2.75) is 26.3 Å². The molecule has 64 valence electrons. The van der Waals surface area contributed by atoms with Crippen molar-refractivity contribution in [2.24, 2.45) is 0 Å². The quantitative estimate of drug-likeness (QED) is 0.684. The fraction of sp³-hybridized carbons (Fsp3) is 0.500. The Morgan fingerprint density at radius 3 is 3.00 bits per heavy atom. The lowest BCUT2D eigenvalue weighted by Crippen LogP contribution is -2.14. The Bertz CT molecular complexity index is 287. The van der Waals surface area contributed by atoms with Crippen LogP contribution in [-0.2, 0) is 0 Å². The number of rotatable bonds is 3. The molecule has 0 saturated carbocycles. The highest BCUT2D eigenvalue weighted by Crippen LogP contribution is 2.05. The van der Waals surface area contributed by atoms with Crippen molar-refractivity contribution >= 4 is 6.01 Å². The molecule has 1 aromatic rings. The van der Waals surface area contributed by atoms with Crippen LogP contribution in [-0.4, -0.2) is 16.2 Å². The molecule has 0 amide bonds. The molecular formula is C8H11N3O. The largest absolute Gasteiger partial charge is 0.334 e. The SMILES string of the molecule is C#CCC(C)Nc1nc(C)no1. The van der Waals surface area contributed by atoms with E-state index in [9.17, 15) is 0 Å². The molecule has 0 radical (unpaired) electrons. The zero-order valence-electron chi connectivity index (χ0n) is 7.16. The molecule has 1 atom stereocenters. The molecule has 1 rings (SSSR count). The highest BCUT2D eigenvalue weighted by atomic mass is 16.5. The summed E-state index contributed by atoms with van der Waals surface area (Å²) in [7, 11) is 0. The molecule has 0 aromatic carbocycles. The number of anilines is 1. The van der Waals surface area contributed by atoms with Gasteiger partial charge in [0.05, 0.1) is 0 Å². The highest BCUT2D eigenvalue weighted by Gasteiger charge is 2.05. The van der Waals surface area contributed by atoms with Crippen LogP contribution in [0.5, 0.6) is 0 Å². The maximum absolute atomic E-state index is 5.13. The number of nitrogens with one attached hydrogen (secondary N) is 1. The third-order valence-corrected chi connectivity index (χ3v) is 1.32. The van der Waals surface area contributed by atoms with Gasteiger partial charge in [-0.05, 0) is 13.8 Å². The van der Waals surface area contributed by atoms with Gasteiger partial charge < -0.3 is 9.84 Å². The van der Waals surface area contributed by atoms with Gasteiger partial charge in [0, 0.05) is 12.5 Å². The van der Waals surface area contributed by atoms with E-state index in [1.165, 1.54) is 0 Å². The zero-order chi connectivity index (χ0) is 8.97. The predicted octanol–water partition coefficient (Wildman–Crippen LogP) is 1.20. The smallest absolute Gasteiger partial charge is 0.321 e. The van der Waals surface area contributed by atoms with Gasteiger partial charge in [-0.15, -0.1) is 12.3 Å². The van der Waals surface area contributed by atoms with E-state index >= 15 is 0 Å². The van der Waals surface area contributed by atoms with Crippen molar-refractivity contribution < 1.29 is 4.52 Å². The Morgan fingerprint density at radius 1 is 1.75 bits per heavy atom. The van der Waals surface area contributed by atoms with Gasteiger partial charge in [0.1, 0.15) is 0 Å². The Morgan fingerprint density at radius 2 is 2.50 bits per heavy atom. The molecule has 4 heteroatoms.